The molecule has 2 aliphatic rings. The summed E-state index contributed by atoms with van der Waals surface area (Å²) < 4.78 is 33.0. The van der Waals surface area contributed by atoms with Gasteiger partial charge in [-0.05, 0) is 55.7 Å². The van der Waals surface area contributed by atoms with Crippen LogP contribution in [0.2, 0.25) is 0 Å². The van der Waals surface area contributed by atoms with E-state index in [0.717, 1.165) is 30.0 Å². The maximum Gasteiger partial charge on any atom is 0.266 e. The number of hydroxylamine groups is 1. The van der Waals surface area contributed by atoms with Crippen LogP contribution in [-0.2, 0) is 14.8 Å². The summed E-state index contributed by atoms with van der Waals surface area (Å²) in [5.41, 5.74) is 3.52. The molecule has 3 heterocycles. The molecular weight excluding hydrogens is 553 g/mol. The standard InChI is InChI=1S/C25H35N5O5S.2ClH/c1-2-3-19-35-23-8-6-21(7-9-23)29-15-17-30(18-16-29)36(33,34)25(24(31)27-32)10-13-28(14-11-25)22-5-4-12-26-20-22;;/h4-9,12,20,32H,2-3,10-11,13-19H2,1H3,(H,27,31);2*1H. The van der Waals surface area contributed by atoms with Gasteiger partial charge in [0.1, 0.15) is 5.75 Å². The van der Waals surface area contributed by atoms with Gasteiger partial charge in [-0.15, -0.1) is 24.8 Å². The quantitative estimate of drug-likeness (QED) is 0.260. The Balaban J connectivity index is 0.00000253. The van der Waals surface area contributed by atoms with Crippen molar-refractivity contribution in [3.63, 3.8) is 0 Å². The summed E-state index contributed by atoms with van der Waals surface area (Å²) in [6, 6.07) is 11.6. The van der Waals surface area contributed by atoms with Gasteiger partial charge < -0.3 is 14.5 Å². The molecule has 0 bridgehead atoms. The van der Waals surface area contributed by atoms with Crippen molar-refractivity contribution in [3.05, 3.63) is 48.8 Å². The third-order valence-electron chi connectivity index (χ3n) is 7.14. The van der Waals surface area contributed by atoms with E-state index < -0.39 is 20.7 Å². The van der Waals surface area contributed by atoms with Crippen molar-refractivity contribution in [2.24, 2.45) is 0 Å². The number of pyridine rings is 1. The van der Waals surface area contributed by atoms with Gasteiger partial charge in [-0.1, -0.05) is 13.3 Å². The van der Waals surface area contributed by atoms with Gasteiger partial charge in [0.15, 0.2) is 4.75 Å². The fraction of sp³-hybridized carbons (Fsp3) is 0.520. The number of halogens is 2. The first-order chi connectivity index (χ1) is 17.4. The molecule has 212 valence electrons. The highest BCUT2D eigenvalue weighted by Gasteiger charge is 2.55. The lowest BCUT2D eigenvalue weighted by Crippen LogP contribution is -2.63. The van der Waals surface area contributed by atoms with Crippen LogP contribution in [0.15, 0.2) is 48.8 Å². The third-order valence-corrected chi connectivity index (χ3v) is 9.76. The largest absolute Gasteiger partial charge is 0.494 e. The van der Waals surface area contributed by atoms with E-state index in [1.807, 2.05) is 41.3 Å². The van der Waals surface area contributed by atoms with Crippen LogP contribution < -0.4 is 20.0 Å². The number of amides is 1. The summed E-state index contributed by atoms with van der Waals surface area (Å²) in [5.74, 6) is -0.0441. The van der Waals surface area contributed by atoms with Gasteiger partial charge in [-0.25, -0.2) is 13.9 Å². The van der Waals surface area contributed by atoms with Crippen LogP contribution in [0.3, 0.4) is 0 Å². The zero-order chi connectivity index (χ0) is 25.6. The van der Waals surface area contributed by atoms with Crippen LogP contribution in [-0.4, -0.2) is 79.4 Å². The van der Waals surface area contributed by atoms with Crippen molar-refractivity contribution < 1.29 is 23.2 Å². The fourth-order valence-electron chi connectivity index (χ4n) is 4.89. The van der Waals surface area contributed by atoms with Crippen LogP contribution in [0.1, 0.15) is 32.6 Å². The first-order valence-corrected chi connectivity index (χ1v) is 13.9. The molecule has 2 N–H and O–H groups in total. The van der Waals surface area contributed by atoms with E-state index in [2.05, 4.69) is 16.8 Å². The average Bonchev–Trinajstić information content (AvgIpc) is 2.93. The molecule has 4 rings (SSSR count). The van der Waals surface area contributed by atoms with Crippen molar-refractivity contribution in [1.82, 2.24) is 14.8 Å². The van der Waals surface area contributed by atoms with E-state index in [0.29, 0.717) is 32.8 Å². The molecule has 1 aromatic carbocycles. The van der Waals surface area contributed by atoms with Gasteiger partial charge in [-0.3, -0.25) is 15.0 Å². The van der Waals surface area contributed by atoms with Crippen LogP contribution in [0.5, 0.6) is 5.75 Å². The summed E-state index contributed by atoms with van der Waals surface area (Å²) in [7, 11) is -4.02. The Hall–Kier alpha value is -2.31. The lowest BCUT2D eigenvalue weighted by molar-refractivity contribution is -0.132. The van der Waals surface area contributed by atoms with Crippen LogP contribution in [0, 0.1) is 0 Å². The number of aromatic nitrogens is 1. The van der Waals surface area contributed by atoms with Crippen molar-refractivity contribution >= 4 is 52.1 Å². The summed E-state index contributed by atoms with van der Waals surface area (Å²) in [4.78, 5) is 21.1. The first-order valence-electron chi connectivity index (χ1n) is 12.5. The number of hydrogen-bond donors (Lipinski definition) is 2. The van der Waals surface area contributed by atoms with Gasteiger partial charge in [0.2, 0.25) is 10.0 Å². The molecule has 1 aromatic heterocycles. The molecule has 38 heavy (non-hydrogen) atoms. The Morgan fingerprint density at radius 3 is 2.18 bits per heavy atom. The number of ether oxygens (including phenoxy) is 1. The Morgan fingerprint density at radius 2 is 1.63 bits per heavy atom. The molecule has 0 saturated carbocycles. The zero-order valence-electron chi connectivity index (χ0n) is 21.5. The number of benzene rings is 1. The highest BCUT2D eigenvalue weighted by Crippen LogP contribution is 2.36. The van der Waals surface area contributed by atoms with Gasteiger partial charge in [0.05, 0.1) is 18.5 Å². The molecular formula is C25H37Cl2N5O5S. The average molecular weight is 591 g/mol. The second kappa shape index (κ2) is 14.2. The number of nitrogens with zero attached hydrogens (tertiary/aromatic N) is 4. The highest BCUT2D eigenvalue weighted by molar-refractivity contribution is 7.91. The Bertz CT molecular complexity index is 1110. The number of piperidine rings is 1. The molecule has 0 atom stereocenters. The molecule has 0 radical (unpaired) electrons. The summed E-state index contributed by atoms with van der Waals surface area (Å²) in [6.45, 7) is 5.09. The van der Waals surface area contributed by atoms with Gasteiger partial charge in [0.25, 0.3) is 5.91 Å². The molecule has 2 aromatic rings. The maximum atomic E-state index is 13.8. The Labute approximate surface area is 237 Å². The molecule has 0 unspecified atom stereocenters. The van der Waals surface area contributed by atoms with Crippen LogP contribution in [0.4, 0.5) is 11.4 Å². The number of piperazine rings is 1. The zero-order valence-corrected chi connectivity index (χ0v) is 23.9. The fourth-order valence-corrected chi connectivity index (χ4v) is 7.01. The minimum atomic E-state index is -4.02. The summed E-state index contributed by atoms with van der Waals surface area (Å²) >= 11 is 0. The maximum absolute atomic E-state index is 13.8. The lowest BCUT2D eigenvalue weighted by Gasteiger charge is -2.44. The van der Waals surface area contributed by atoms with Crippen LogP contribution >= 0.6 is 24.8 Å². The van der Waals surface area contributed by atoms with Crippen molar-refractivity contribution in [3.8, 4) is 5.75 Å². The van der Waals surface area contributed by atoms with Crippen LogP contribution in [0.25, 0.3) is 0 Å². The van der Waals surface area contributed by atoms with E-state index in [1.165, 1.54) is 4.31 Å². The van der Waals surface area contributed by atoms with E-state index in [9.17, 15) is 18.4 Å². The van der Waals surface area contributed by atoms with Crippen molar-refractivity contribution in [1.29, 1.82) is 0 Å². The lowest BCUT2D eigenvalue weighted by atomic mass is 9.94. The molecule has 2 fully saturated rings. The SMILES string of the molecule is CCCCOc1ccc(N2CCN(S(=O)(=O)C3(C(=O)NO)CCN(c4cccnc4)CC3)CC2)cc1.Cl.Cl. The predicted molar refractivity (Wildman–Crippen MR) is 152 cm³/mol. The number of anilines is 2. The number of rotatable bonds is 9. The predicted octanol–water partition coefficient (Wildman–Crippen LogP) is 3.10. The second-order valence-electron chi connectivity index (χ2n) is 9.22. The van der Waals surface area contributed by atoms with Crippen molar-refractivity contribution in [2.45, 2.75) is 37.4 Å². The smallest absolute Gasteiger partial charge is 0.266 e. The molecule has 0 aliphatic carbocycles. The van der Waals surface area contributed by atoms with Gasteiger partial charge in [-0.2, -0.15) is 4.31 Å². The monoisotopic (exact) mass is 589 g/mol. The van der Waals surface area contributed by atoms with Gasteiger partial charge in [0, 0.05) is 51.2 Å². The minimum absolute atomic E-state index is 0. The first kappa shape index (κ1) is 31.9. The second-order valence-corrected chi connectivity index (χ2v) is 11.5. The number of carbonyl (C=O) groups excluding carboxylic acids is 1. The van der Waals surface area contributed by atoms with E-state index in [4.69, 9.17) is 4.74 Å². The molecule has 10 nitrogen and oxygen atoms in total. The highest BCUT2D eigenvalue weighted by atomic mass is 35.5. The molecule has 2 saturated heterocycles. The number of hydrogen-bond acceptors (Lipinski definition) is 8. The van der Waals surface area contributed by atoms with Gasteiger partial charge >= 0.3 is 0 Å². The number of nitrogens with one attached hydrogen (secondary N) is 1. The topological polar surface area (TPSA) is 115 Å². The molecule has 0 spiro atoms. The van der Waals surface area contributed by atoms with E-state index >= 15 is 0 Å². The number of carbonyl (C=O) groups is 1. The molecule has 1 amide bonds. The van der Waals surface area contributed by atoms with Crippen molar-refractivity contribution in [2.75, 3.05) is 55.7 Å². The third kappa shape index (κ3) is 6.63. The number of unbranched alkanes of at least 4 members (excludes halogenated alkanes) is 1. The Morgan fingerprint density at radius 1 is 1.00 bits per heavy atom. The minimum Gasteiger partial charge on any atom is -0.494 e. The molecule has 13 heteroatoms. The summed E-state index contributed by atoms with van der Waals surface area (Å²) in [5, 5.41) is 9.45. The molecule has 2 aliphatic heterocycles. The Kier molecular flexibility index (Phi) is 11.9. The summed E-state index contributed by atoms with van der Waals surface area (Å²) in [6.07, 6.45) is 5.64. The number of sulfonamides is 1. The van der Waals surface area contributed by atoms with E-state index in [-0.39, 0.29) is 50.7 Å². The normalized spacial score (nSPS) is 17.6. The van der Waals surface area contributed by atoms with E-state index in [1.54, 1.807) is 17.9 Å².